The van der Waals surface area contributed by atoms with E-state index in [4.69, 9.17) is 11.0 Å². The number of carbonyl (C=O) groups excluding carboxylic acids is 1. The van der Waals surface area contributed by atoms with E-state index in [0.29, 0.717) is 11.6 Å². The van der Waals surface area contributed by atoms with E-state index in [9.17, 15) is 4.79 Å². The van der Waals surface area contributed by atoms with Gasteiger partial charge in [0.2, 0.25) is 0 Å². The summed E-state index contributed by atoms with van der Waals surface area (Å²) >= 11 is 0. The highest BCUT2D eigenvalue weighted by Crippen LogP contribution is 1.99. The summed E-state index contributed by atoms with van der Waals surface area (Å²) < 4.78 is 0. The maximum Gasteiger partial charge on any atom is 0.261 e. The van der Waals surface area contributed by atoms with Crippen molar-refractivity contribution in [2.45, 2.75) is 20.8 Å². The predicted octanol–water partition coefficient (Wildman–Crippen LogP) is 0.515. The Morgan fingerprint density at radius 1 is 1.62 bits per heavy atom. The van der Waals surface area contributed by atoms with Crippen LogP contribution >= 0.6 is 0 Å². The lowest BCUT2D eigenvalue weighted by Gasteiger charge is -2.09. The summed E-state index contributed by atoms with van der Waals surface area (Å²) in [6, 6.07) is 1.77. The highest BCUT2D eigenvalue weighted by atomic mass is 16.1. The molecule has 0 aromatic rings. The first-order chi connectivity index (χ1) is 5.99. The lowest BCUT2D eigenvalue weighted by Crippen LogP contribution is -2.23. The van der Waals surface area contributed by atoms with Crippen molar-refractivity contribution in [1.82, 2.24) is 5.32 Å². The summed E-state index contributed by atoms with van der Waals surface area (Å²) in [7, 11) is 0. The molecule has 4 nitrogen and oxygen atoms in total. The summed E-state index contributed by atoms with van der Waals surface area (Å²) in [6.45, 7) is 6.48. The fraction of sp³-hybridized carbons (Fsp3) is 0.556. The standard InChI is InChI=1S/C9H15N3O/c1-6(2)5-12-7(3)8(4-10)9(11)13/h6,12H,5H2,1-3H3,(H2,11,13)/b8-7-. The van der Waals surface area contributed by atoms with Crippen LogP contribution in [-0.2, 0) is 4.79 Å². The van der Waals surface area contributed by atoms with Crippen LogP contribution in [0.1, 0.15) is 20.8 Å². The van der Waals surface area contributed by atoms with Gasteiger partial charge in [-0.1, -0.05) is 13.8 Å². The second kappa shape index (κ2) is 5.20. The molecule has 0 atom stereocenters. The first kappa shape index (κ1) is 11.5. The van der Waals surface area contributed by atoms with Crippen LogP contribution in [0.5, 0.6) is 0 Å². The summed E-state index contributed by atoms with van der Waals surface area (Å²) in [5.74, 6) is -0.223. The van der Waals surface area contributed by atoms with Crippen molar-refractivity contribution in [3.63, 3.8) is 0 Å². The molecule has 1 amide bonds. The van der Waals surface area contributed by atoms with Gasteiger partial charge in [0.25, 0.3) is 5.91 Å². The zero-order valence-electron chi connectivity index (χ0n) is 8.22. The van der Waals surface area contributed by atoms with Crippen LogP contribution in [-0.4, -0.2) is 12.5 Å². The van der Waals surface area contributed by atoms with Crippen molar-refractivity contribution in [2.24, 2.45) is 11.7 Å². The van der Waals surface area contributed by atoms with Crippen molar-refractivity contribution < 1.29 is 4.79 Å². The molecule has 0 spiro atoms. The first-order valence-electron chi connectivity index (χ1n) is 4.13. The Kier molecular flexibility index (Phi) is 4.60. The number of nitrogens with two attached hydrogens (primary N) is 1. The minimum Gasteiger partial charge on any atom is -0.387 e. The number of amides is 1. The predicted molar refractivity (Wildman–Crippen MR) is 50.3 cm³/mol. The van der Waals surface area contributed by atoms with Gasteiger partial charge in [0, 0.05) is 12.2 Å². The van der Waals surface area contributed by atoms with Gasteiger partial charge in [0.15, 0.2) is 0 Å². The number of hydrogen-bond acceptors (Lipinski definition) is 3. The van der Waals surface area contributed by atoms with Crippen LogP contribution in [0, 0.1) is 17.2 Å². The van der Waals surface area contributed by atoms with Crippen LogP contribution < -0.4 is 11.1 Å². The molecule has 72 valence electrons. The molecule has 4 heteroatoms. The maximum atomic E-state index is 10.7. The van der Waals surface area contributed by atoms with E-state index in [1.165, 1.54) is 0 Å². The van der Waals surface area contributed by atoms with Gasteiger partial charge in [-0.3, -0.25) is 4.79 Å². The highest BCUT2D eigenvalue weighted by Gasteiger charge is 2.07. The van der Waals surface area contributed by atoms with E-state index >= 15 is 0 Å². The number of primary amides is 1. The Labute approximate surface area is 78.4 Å². The maximum absolute atomic E-state index is 10.7. The molecule has 0 aliphatic rings. The smallest absolute Gasteiger partial charge is 0.261 e. The second-order valence-corrected chi connectivity index (χ2v) is 3.25. The normalized spacial score (nSPS) is 11.9. The van der Waals surface area contributed by atoms with E-state index in [1.807, 2.05) is 13.8 Å². The molecule has 0 saturated heterocycles. The summed E-state index contributed by atoms with van der Waals surface area (Å²) in [5.41, 5.74) is 5.54. The molecular formula is C9H15N3O. The van der Waals surface area contributed by atoms with Gasteiger partial charge in [-0.15, -0.1) is 0 Å². The Morgan fingerprint density at radius 2 is 2.15 bits per heavy atom. The second-order valence-electron chi connectivity index (χ2n) is 3.25. The molecule has 0 bridgehead atoms. The average Bonchev–Trinajstić information content (AvgIpc) is 2.01. The number of nitrogens with zero attached hydrogens (tertiary/aromatic N) is 1. The number of carbonyl (C=O) groups is 1. The summed E-state index contributed by atoms with van der Waals surface area (Å²) in [5, 5.41) is 11.6. The third kappa shape index (κ3) is 4.16. The molecule has 0 aliphatic heterocycles. The molecule has 3 N–H and O–H groups in total. The molecule has 0 aliphatic carbocycles. The van der Waals surface area contributed by atoms with Crippen LogP contribution in [0.25, 0.3) is 0 Å². The van der Waals surface area contributed by atoms with Crippen LogP contribution in [0.2, 0.25) is 0 Å². The molecule has 0 radical (unpaired) electrons. The van der Waals surface area contributed by atoms with Gasteiger partial charge in [-0.2, -0.15) is 5.26 Å². The van der Waals surface area contributed by atoms with Crippen LogP contribution in [0.15, 0.2) is 11.3 Å². The molecule has 0 saturated carbocycles. The highest BCUT2D eigenvalue weighted by molar-refractivity contribution is 5.96. The molecule has 0 unspecified atom stereocenters. The minimum absolute atomic E-state index is 0.000602. The zero-order chi connectivity index (χ0) is 10.4. The van der Waals surface area contributed by atoms with E-state index in [0.717, 1.165) is 6.54 Å². The third-order valence-corrected chi connectivity index (χ3v) is 1.51. The van der Waals surface area contributed by atoms with Crippen LogP contribution in [0.3, 0.4) is 0 Å². The van der Waals surface area contributed by atoms with Gasteiger partial charge in [0.1, 0.15) is 11.6 Å². The van der Waals surface area contributed by atoms with Gasteiger partial charge < -0.3 is 11.1 Å². The fourth-order valence-electron chi connectivity index (χ4n) is 0.769. The van der Waals surface area contributed by atoms with Crippen molar-refractivity contribution >= 4 is 5.91 Å². The quantitative estimate of drug-likeness (QED) is 0.490. The van der Waals surface area contributed by atoms with Gasteiger partial charge in [0.05, 0.1) is 0 Å². The van der Waals surface area contributed by atoms with Gasteiger partial charge in [-0.25, -0.2) is 0 Å². The zero-order valence-corrected chi connectivity index (χ0v) is 8.22. The first-order valence-corrected chi connectivity index (χ1v) is 4.13. The third-order valence-electron chi connectivity index (χ3n) is 1.51. The van der Waals surface area contributed by atoms with Crippen molar-refractivity contribution in [3.8, 4) is 6.07 Å². The molecule has 0 aromatic heterocycles. The Hall–Kier alpha value is -1.50. The van der Waals surface area contributed by atoms with E-state index in [2.05, 4.69) is 5.32 Å². The average molecular weight is 181 g/mol. The molecule has 0 heterocycles. The Balaban J connectivity index is 4.42. The van der Waals surface area contributed by atoms with Crippen molar-refractivity contribution in [3.05, 3.63) is 11.3 Å². The van der Waals surface area contributed by atoms with Gasteiger partial charge in [-0.05, 0) is 12.8 Å². The van der Waals surface area contributed by atoms with Crippen LogP contribution in [0.4, 0.5) is 0 Å². The summed E-state index contributed by atoms with van der Waals surface area (Å²) in [6.07, 6.45) is 0. The van der Waals surface area contributed by atoms with E-state index in [1.54, 1.807) is 13.0 Å². The number of allylic oxidation sites excluding steroid dienone is 1. The summed E-state index contributed by atoms with van der Waals surface area (Å²) in [4.78, 5) is 10.7. The number of rotatable bonds is 4. The molecule has 13 heavy (non-hydrogen) atoms. The lowest BCUT2D eigenvalue weighted by atomic mass is 10.2. The van der Waals surface area contributed by atoms with Crippen molar-refractivity contribution in [1.29, 1.82) is 5.26 Å². The Morgan fingerprint density at radius 3 is 2.46 bits per heavy atom. The molecular weight excluding hydrogens is 166 g/mol. The fourth-order valence-corrected chi connectivity index (χ4v) is 0.769. The lowest BCUT2D eigenvalue weighted by molar-refractivity contribution is -0.114. The van der Waals surface area contributed by atoms with Crippen molar-refractivity contribution in [2.75, 3.05) is 6.54 Å². The minimum atomic E-state index is -0.684. The number of nitrogens with one attached hydrogen (secondary N) is 1. The van der Waals surface area contributed by atoms with E-state index in [-0.39, 0.29) is 5.57 Å². The van der Waals surface area contributed by atoms with Gasteiger partial charge >= 0.3 is 0 Å². The number of hydrogen-bond donors (Lipinski definition) is 2. The largest absolute Gasteiger partial charge is 0.387 e. The Bertz CT molecular complexity index is 261. The monoisotopic (exact) mass is 181 g/mol. The topological polar surface area (TPSA) is 78.9 Å². The molecule has 0 rings (SSSR count). The molecule has 0 fully saturated rings. The number of nitriles is 1. The SMILES string of the molecule is C/C(NCC(C)C)=C(\C#N)C(N)=O. The molecule has 0 aromatic carbocycles. The van der Waals surface area contributed by atoms with E-state index < -0.39 is 5.91 Å².